The van der Waals surface area contributed by atoms with Gasteiger partial charge in [0, 0.05) is 144 Å². The molecular weight excluding hydrogens is 1580 g/mol. The van der Waals surface area contributed by atoms with Gasteiger partial charge in [0.2, 0.25) is 17.8 Å². The largest absolute Gasteiger partial charge is 0.490 e. The predicted octanol–water partition coefficient (Wildman–Crippen LogP) is 16.2. The summed E-state index contributed by atoms with van der Waals surface area (Å²) in [6.07, 6.45) is 23.4. The summed E-state index contributed by atoms with van der Waals surface area (Å²) in [5.74, 6) is 12.6. The maximum absolute atomic E-state index is 12.4. The van der Waals surface area contributed by atoms with Crippen LogP contribution in [0.2, 0.25) is 0 Å². The molecule has 7 aromatic heterocycles. The number of halogens is 1. The quantitative estimate of drug-likeness (QED) is 0.0329. The molecule has 31 nitrogen and oxygen atoms in total. The summed E-state index contributed by atoms with van der Waals surface area (Å²) in [4.78, 5) is 78.6. The van der Waals surface area contributed by atoms with Crippen LogP contribution in [0, 0.1) is 24.2 Å². The van der Waals surface area contributed by atoms with Crippen LogP contribution in [0.15, 0.2) is 183 Å². The van der Waals surface area contributed by atoms with E-state index in [0.717, 1.165) is 110 Å². The molecule has 119 heavy (non-hydrogen) atoms. The molecular formula is C87H93BrN18O13. The number of amides is 2. The van der Waals surface area contributed by atoms with Crippen molar-refractivity contribution >= 4 is 102 Å². The molecule has 0 radical (unpaired) electrons. The second kappa shape index (κ2) is 40.4. The lowest BCUT2D eigenvalue weighted by Gasteiger charge is -2.33. The van der Waals surface area contributed by atoms with Crippen LogP contribution in [0.5, 0.6) is 17.2 Å². The van der Waals surface area contributed by atoms with Gasteiger partial charge >= 0.3 is 12.2 Å². The highest BCUT2D eigenvalue weighted by atomic mass is 79.9. The summed E-state index contributed by atoms with van der Waals surface area (Å²) < 4.78 is 47.1. The minimum Gasteiger partial charge on any atom is -0.490 e. The van der Waals surface area contributed by atoms with E-state index in [9.17, 15) is 19.5 Å². The summed E-state index contributed by atoms with van der Waals surface area (Å²) in [7, 11) is 0. The van der Waals surface area contributed by atoms with Crippen LogP contribution in [-0.4, -0.2) is 174 Å². The van der Waals surface area contributed by atoms with Crippen LogP contribution < -0.4 is 35.5 Å². The van der Waals surface area contributed by atoms with Crippen molar-refractivity contribution in [1.82, 2.24) is 75.4 Å². The number of likely N-dealkylation sites (tertiary alicyclic amines) is 2. The first-order valence-corrected chi connectivity index (χ1v) is 38.5. The number of aromatic amines is 1. The van der Waals surface area contributed by atoms with Gasteiger partial charge in [0.05, 0.1) is 51.8 Å². The topological polar surface area (TPSA) is 389 Å². The van der Waals surface area contributed by atoms with Gasteiger partial charge in [-0.1, -0.05) is 63.1 Å². The molecule has 0 spiro atoms. The van der Waals surface area contributed by atoms with E-state index >= 15 is 0 Å². The number of rotatable bonds is 17. The maximum atomic E-state index is 12.4. The Morgan fingerprint density at radius 3 is 1.39 bits per heavy atom. The molecule has 32 heteroatoms. The zero-order valence-corrected chi connectivity index (χ0v) is 66.5. The highest BCUT2D eigenvalue weighted by Crippen LogP contribution is 2.38. The Bertz CT molecular complexity index is 5660. The average Bonchev–Trinajstić information content (AvgIpc) is 1.77. The third-order valence-corrected chi connectivity index (χ3v) is 18.9. The van der Waals surface area contributed by atoms with Gasteiger partial charge in [0.1, 0.15) is 64.8 Å². The molecule has 7 N–H and O–H groups in total. The third-order valence-electron chi connectivity index (χ3n) is 18.2. The Morgan fingerprint density at radius 2 is 0.975 bits per heavy atom. The molecule has 6 aromatic carbocycles. The van der Waals surface area contributed by atoms with E-state index in [-0.39, 0.29) is 58.6 Å². The van der Waals surface area contributed by atoms with Crippen LogP contribution in [0.1, 0.15) is 106 Å². The number of carbonyl (C=O) groups excluding carboxylic acids is 3. The number of aliphatic hydroxyl groups excluding tert-OH is 2. The van der Waals surface area contributed by atoms with E-state index in [2.05, 4.69) is 106 Å². The van der Waals surface area contributed by atoms with Gasteiger partial charge < -0.3 is 78.2 Å². The lowest BCUT2D eigenvalue weighted by molar-refractivity contribution is -0.103. The zero-order valence-electron chi connectivity index (χ0n) is 65.0. The first kappa shape index (κ1) is 86.5. The summed E-state index contributed by atoms with van der Waals surface area (Å²) in [6.45, 7) is 14.8. The molecule has 3 aliphatic rings. The minimum absolute atomic E-state index is 0. The maximum Gasteiger partial charge on any atom is 0.410 e. The summed E-state index contributed by atoms with van der Waals surface area (Å²) in [5, 5.41) is 43.9. The van der Waals surface area contributed by atoms with Crippen molar-refractivity contribution in [2.45, 2.75) is 131 Å². The van der Waals surface area contributed by atoms with Crippen LogP contribution in [0.3, 0.4) is 0 Å². The molecule has 0 saturated carbocycles. The van der Waals surface area contributed by atoms with Crippen molar-refractivity contribution in [2.75, 3.05) is 61.8 Å². The van der Waals surface area contributed by atoms with Gasteiger partial charge in [-0.15, -0.1) is 6.42 Å². The molecule has 3 saturated heterocycles. The van der Waals surface area contributed by atoms with Crippen LogP contribution in [-0.2, 0) is 20.9 Å². The number of piperidine rings is 3. The predicted molar refractivity (Wildman–Crippen MR) is 455 cm³/mol. The second-order valence-electron chi connectivity index (χ2n) is 29.1. The van der Waals surface area contributed by atoms with Crippen molar-refractivity contribution < 1.29 is 61.5 Å². The molecule has 3 fully saturated rings. The normalized spacial score (nSPS) is 13.6. The molecule has 0 atom stereocenters. The Morgan fingerprint density at radius 1 is 0.563 bits per heavy atom. The fourth-order valence-electron chi connectivity index (χ4n) is 12.7. The highest BCUT2D eigenvalue weighted by molar-refractivity contribution is 9.10. The van der Waals surface area contributed by atoms with Crippen molar-refractivity contribution in [2.24, 2.45) is 0 Å². The number of nitrogens with one attached hydrogen (secondary N) is 5. The Kier molecular flexibility index (Phi) is 29.4. The molecule has 16 rings (SSSR count). The molecule has 0 unspecified atom stereocenters. The number of ether oxygens (including phenoxy) is 5. The van der Waals surface area contributed by atoms with Gasteiger partial charge in [-0.05, 0) is 144 Å². The summed E-state index contributed by atoms with van der Waals surface area (Å²) in [5.41, 5.74) is 8.51. The fourth-order valence-corrected chi connectivity index (χ4v) is 13.2. The van der Waals surface area contributed by atoms with Gasteiger partial charge in [0.15, 0.2) is 42.7 Å². The van der Waals surface area contributed by atoms with Crippen molar-refractivity contribution in [3.05, 3.63) is 181 Å². The second-order valence-corrected chi connectivity index (χ2v) is 30.0. The number of aldehydes is 1. The van der Waals surface area contributed by atoms with Crippen molar-refractivity contribution in [3.63, 3.8) is 0 Å². The van der Waals surface area contributed by atoms with Crippen LogP contribution in [0.4, 0.5) is 44.5 Å². The molecule has 0 aliphatic carbocycles. The number of fused-ring (bicyclic) bond motifs is 3. The Balaban J connectivity index is 0.000000170. The van der Waals surface area contributed by atoms with Gasteiger partial charge in [-0.3, -0.25) is 4.79 Å². The third kappa shape index (κ3) is 23.7. The van der Waals surface area contributed by atoms with Crippen LogP contribution >= 0.6 is 15.9 Å². The average molecular weight is 1680 g/mol. The van der Waals surface area contributed by atoms with Crippen molar-refractivity contribution in [1.29, 1.82) is 0 Å². The fraction of sp³-hybridized carbons (Fsp3) is 0.310. The van der Waals surface area contributed by atoms with E-state index in [1.54, 1.807) is 47.0 Å². The molecule has 3 aliphatic heterocycles. The summed E-state index contributed by atoms with van der Waals surface area (Å²) in [6, 6.07) is 34.5. The molecule has 13 aromatic rings. The number of aromatic nitrogens is 12. The molecule has 0 bridgehead atoms. The lowest BCUT2D eigenvalue weighted by Crippen LogP contribution is -2.44. The number of aliphatic hydroxyl groups is 2. The van der Waals surface area contributed by atoms with Crippen molar-refractivity contribution in [3.8, 4) is 86.7 Å². The Labute approximate surface area is 696 Å². The van der Waals surface area contributed by atoms with Gasteiger partial charge in [0.25, 0.3) is 0 Å². The Hall–Kier alpha value is -13.4. The van der Waals surface area contributed by atoms with E-state index in [0.29, 0.717) is 120 Å². The van der Waals surface area contributed by atoms with E-state index in [1.807, 2.05) is 157 Å². The van der Waals surface area contributed by atoms with Crippen LogP contribution in [0.25, 0.3) is 77.9 Å². The van der Waals surface area contributed by atoms with E-state index < -0.39 is 11.2 Å². The summed E-state index contributed by atoms with van der Waals surface area (Å²) >= 11 is 3.62. The molecule has 10 heterocycles. The first-order chi connectivity index (χ1) is 56.7. The number of carbonyl (C=O) groups is 3. The first-order valence-electron chi connectivity index (χ1n) is 37.7. The number of benzene rings is 6. The van der Waals surface area contributed by atoms with Gasteiger partial charge in [-0.2, -0.15) is 15.4 Å². The molecule has 616 valence electrons. The number of oxazole rings is 3. The SMILES string of the molecule is C.C.C#CCO.CC(C)(C)OC(=O)N1CCC(Oc2cc3nc(Nc4cccc(-c5cnco5)c4)ncc3cc2Br)CC1.CC(C)(C)OC(=O)N1CCC(Oc2cc3nc(Nc4cccc(-c5cnco5)c4)ncc3cc2C#CC=O)CC1.OCc1n[nH]nc1-c1cc2cnc(Nc3cccc(-c4cnco4)c3)nc2cc1OC1CCNCC1. The smallest absolute Gasteiger partial charge is 0.410 e. The minimum atomic E-state index is -0.545. The number of anilines is 6. The monoisotopic (exact) mass is 1680 g/mol. The van der Waals surface area contributed by atoms with Gasteiger partial charge in [-0.25, -0.2) is 54.4 Å². The van der Waals surface area contributed by atoms with E-state index in [4.69, 9.17) is 52.0 Å². The molecule has 2 amide bonds. The highest BCUT2D eigenvalue weighted by Gasteiger charge is 2.31. The van der Waals surface area contributed by atoms with E-state index in [1.165, 1.54) is 19.2 Å². The number of H-pyrrole nitrogens is 1. The number of nitrogens with zero attached hydrogens (tertiary/aromatic N) is 13. The zero-order chi connectivity index (χ0) is 81.8. The standard InChI is InChI=1S/C30H29N5O5.C27H28BrN5O4.C25H24N8O3.C3H4O.2CH4/c1-30(2,3)40-29(37)35-11-9-24(10-12-35)39-26-16-25-22(14-20(26)7-5-13-36)17-32-28(34-25)33-23-8-4-6-21(15-23)27-18-31-19-38-27;1-27(2,3)37-26(34)33-9-7-20(8-10-33)36-23-13-22-18(12-21(23)28)14-30-25(32-22)31-19-6-4-5-17(11-19)24-15-29-16-35-24;34-13-21-24(32-33-31-21)19-9-16-11-28-25(29-17-3-1-2-15(8-17)23-12-27-14-35-23)30-20(16)10-22(19)36-18-4-6-26-7-5-18;1-2-3-4;;/h4,6,8,13-19,24H,9-12H2,1-3H3,(H,32,33,34);4-6,11-16,20H,7-10H2,1-3H3,(H,30,31,32);1-3,8-12,14,18,26,34H,4-7,13H2,(H,28,29,30)(H,31,32,33);1,4H,3H2;2*1H4. The number of hydrogen-bond acceptors (Lipinski definition) is 28. The lowest BCUT2D eigenvalue weighted by atomic mass is 10.0. The number of hydrogen-bond donors (Lipinski definition) is 7. The number of terminal acetylenes is 1.